The molecule has 0 radical (unpaired) electrons. The van der Waals surface area contributed by atoms with Gasteiger partial charge in [-0.3, -0.25) is 4.79 Å². The van der Waals surface area contributed by atoms with Gasteiger partial charge in [-0.1, -0.05) is 20.8 Å². The predicted octanol–water partition coefficient (Wildman–Crippen LogP) is 0.154. The van der Waals surface area contributed by atoms with Gasteiger partial charge in [0.05, 0.1) is 0 Å². The average Bonchev–Trinajstić information content (AvgIpc) is 1.79. The lowest BCUT2D eigenvalue weighted by Crippen LogP contribution is -2.51. The third kappa shape index (κ3) is 3.23. The topological polar surface area (TPSA) is 92.4 Å². The van der Waals surface area contributed by atoms with Crippen LogP contribution in [0.15, 0.2) is 0 Å². The van der Waals surface area contributed by atoms with E-state index in [1.54, 1.807) is 20.8 Å². The zero-order valence-electron chi connectivity index (χ0n) is 7.42. The summed E-state index contributed by atoms with van der Waals surface area (Å²) in [5, 5.41) is 10.4. The van der Waals surface area contributed by atoms with Gasteiger partial charge in [-0.05, 0) is 5.41 Å². The monoisotopic (exact) mass is 174 g/mol. The highest BCUT2D eigenvalue weighted by molar-refractivity contribution is 5.84. The Morgan fingerprint density at radius 3 is 1.92 bits per heavy atom. The maximum atomic E-state index is 10.8. The molecule has 0 saturated heterocycles. The van der Waals surface area contributed by atoms with Crippen molar-refractivity contribution < 1.29 is 14.7 Å². The molecule has 0 aromatic heterocycles. The largest absolute Gasteiger partial charge is 0.465 e. The molecule has 2 amide bonds. The molecule has 0 aromatic carbocycles. The molecule has 5 nitrogen and oxygen atoms in total. The maximum Gasteiger partial charge on any atom is 0.405 e. The fraction of sp³-hybridized carbons (Fsp3) is 0.714. The van der Waals surface area contributed by atoms with Crippen LogP contribution >= 0.6 is 0 Å². The number of nitrogens with one attached hydrogen (secondary N) is 1. The second-order valence-corrected chi connectivity index (χ2v) is 3.65. The Balaban J connectivity index is 4.46. The number of rotatable bonds is 2. The van der Waals surface area contributed by atoms with Crippen LogP contribution < -0.4 is 11.1 Å². The van der Waals surface area contributed by atoms with Gasteiger partial charge in [0.1, 0.15) is 6.04 Å². The van der Waals surface area contributed by atoms with Crippen molar-refractivity contribution in [2.75, 3.05) is 0 Å². The summed E-state index contributed by atoms with van der Waals surface area (Å²) >= 11 is 0. The predicted molar refractivity (Wildman–Crippen MR) is 43.6 cm³/mol. The lowest BCUT2D eigenvalue weighted by molar-refractivity contribution is -0.122. The average molecular weight is 174 g/mol. The summed E-state index contributed by atoms with van der Waals surface area (Å²) in [5.41, 5.74) is 4.51. The van der Waals surface area contributed by atoms with Gasteiger partial charge in [0.2, 0.25) is 5.91 Å². The second-order valence-electron chi connectivity index (χ2n) is 3.65. The van der Waals surface area contributed by atoms with Crippen LogP contribution in [-0.2, 0) is 4.79 Å². The van der Waals surface area contributed by atoms with Crippen LogP contribution in [0.5, 0.6) is 0 Å². The highest BCUT2D eigenvalue weighted by Crippen LogP contribution is 2.18. The molecular formula is C7H14N2O3. The van der Waals surface area contributed by atoms with Gasteiger partial charge in [0.15, 0.2) is 0 Å². The van der Waals surface area contributed by atoms with E-state index in [0.717, 1.165) is 0 Å². The van der Waals surface area contributed by atoms with Crippen molar-refractivity contribution in [1.82, 2.24) is 5.32 Å². The third-order valence-corrected chi connectivity index (χ3v) is 1.42. The number of carbonyl (C=O) groups is 2. The first kappa shape index (κ1) is 10.7. The summed E-state index contributed by atoms with van der Waals surface area (Å²) in [6.07, 6.45) is -1.24. The zero-order chi connectivity index (χ0) is 9.94. The van der Waals surface area contributed by atoms with E-state index < -0.39 is 23.5 Å². The first-order chi connectivity index (χ1) is 5.25. The maximum absolute atomic E-state index is 10.8. The molecule has 1 atom stereocenters. The van der Waals surface area contributed by atoms with Crippen LogP contribution in [0, 0.1) is 5.41 Å². The van der Waals surface area contributed by atoms with Gasteiger partial charge in [-0.2, -0.15) is 0 Å². The Kier molecular flexibility index (Phi) is 3.06. The molecule has 5 heteroatoms. The number of primary amides is 1. The minimum atomic E-state index is -1.24. The van der Waals surface area contributed by atoms with Crippen molar-refractivity contribution in [2.45, 2.75) is 26.8 Å². The van der Waals surface area contributed by atoms with Gasteiger partial charge in [-0.25, -0.2) is 4.79 Å². The van der Waals surface area contributed by atoms with Crippen LogP contribution in [0.25, 0.3) is 0 Å². The van der Waals surface area contributed by atoms with Gasteiger partial charge < -0.3 is 16.2 Å². The van der Waals surface area contributed by atoms with E-state index in [1.807, 2.05) is 0 Å². The first-order valence-corrected chi connectivity index (χ1v) is 3.54. The fourth-order valence-corrected chi connectivity index (χ4v) is 0.838. The van der Waals surface area contributed by atoms with E-state index in [4.69, 9.17) is 10.8 Å². The Labute approximate surface area is 70.9 Å². The van der Waals surface area contributed by atoms with Gasteiger partial charge >= 0.3 is 6.09 Å². The van der Waals surface area contributed by atoms with E-state index in [1.165, 1.54) is 0 Å². The lowest BCUT2D eigenvalue weighted by atomic mass is 9.86. The molecule has 0 aliphatic rings. The molecule has 12 heavy (non-hydrogen) atoms. The van der Waals surface area contributed by atoms with Crippen molar-refractivity contribution >= 4 is 12.0 Å². The standard InChI is InChI=1S/C7H14N2O3/c1-7(2,3)4(5(8)10)9-6(11)12/h4,9H,1-3H3,(H2,8,10)(H,11,12)/t4-/m1/s1. The first-order valence-electron chi connectivity index (χ1n) is 3.54. The molecule has 0 fully saturated rings. The van der Waals surface area contributed by atoms with E-state index in [0.29, 0.717) is 0 Å². The molecule has 0 aliphatic carbocycles. The van der Waals surface area contributed by atoms with Gasteiger partial charge in [0, 0.05) is 0 Å². The Morgan fingerprint density at radius 1 is 1.42 bits per heavy atom. The van der Waals surface area contributed by atoms with Crippen LogP contribution in [0.4, 0.5) is 4.79 Å². The van der Waals surface area contributed by atoms with Gasteiger partial charge in [-0.15, -0.1) is 0 Å². The molecule has 0 bridgehead atoms. The smallest absolute Gasteiger partial charge is 0.405 e. The Morgan fingerprint density at radius 2 is 1.83 bits per heavy atom. The van der Waals surface area contributed by atoms with Crippen molar-refractivity contribution in [2.24, 2.45) is 11.1 Å². The van der Waals surface area contributed by atoms with Crippen LogP contribution in [0.3, 0.4) is 0 Å². The van der Waals surface area contributed by atoms with Crippen molar-refractivity contribution in [1.29, 1.82) is 0 Å². The molecule has 0 aromatic rings. The molecule has 0 spiro atoms. The molecule has 0 unspecified atom stereocenters. The van der Waals surface area contributed by atoms with Crippen molar-refractivity contribution in [3.05, 3.63) is 0 Å². The number of carbonyl (C=O) groups excluding carboxylic acids is 1. The summed E-state index contributed by atoms with van der Waals surface area (Å²) < 4.78 is 0. The normalized spacial score (nSPS) is 13.6. The molecular weight excluding hydrogens is 160 g/mol. The quantitative estimate of drug-likeness (QED) is 0.556. The number of hydrogen-bond acceptors (Lipinski definition) is 2. The van der Waals surface area contributed by atoms with Gasteiger partial charge in [0.25, 0.3) is 0 Å². The minimum absolute atomic E-state index is 0.496. The molecule has 0 saturated carbocycles. The number of amides is 2. The number of carboxylic acid groups (broad SMARTS) is 1. The summed E-state index contributed by atoms with van der Waals surface area (Å²) in [7, 11) is 0. The fourth-order valence-electron chi connectivity index (χ4n) is 0.838. The molecule has 0 aliphatic heterocycles. The minimum Gasteiger partial charge on any atom is -0.465 e. The lowest BCUT2D eigenvalue weighted by Gasteiger charge is -2.27. The summed E-state index contributed by atoms with van der Waals surface area (Å²) in [4.78, 5) is 21.0. The van der Waals surface area contributed by atoms with E-state index in [2.05, 4.69) is 5.32 Å². The van der Waals surface area contributed by atoms with Crippen LogP contribution in [0.2, 0.25) is 0 Å². The molecule has 0 rings (SSSR count). The second kappa shape index (κ2) is 3.42. The number of hydrogen-bond donors (Lipinski definition) is 3. The SMILES string of the molecule is CC(C)(C)[C@H](NC(=O)O)C(N)=O. The molecule has 0 heterocycles. The van der Waals surface area contributed by atoms with E-state index in [9.17, 15) is 9.59 Å². The van der Waals surface area contributed by atoms with Crippen LogP contribution in [0.1, 0.15) is 20.8 Å². The zero-order valence-corrected chi connectivity index (χ0v) is 7.42. The highest BCUT2D eigenvalue weighted by atomic mass is 16.4. The summed E-state index contributed by atoms with van der Waals surface area (Å²) in [5.74, 6) is -0.662. The third-order valence-electron chi connectivity index (χ3n) is 1.42. The summed E-state index contributed by atoms with van der Waals surface area (Å²) in [6, 6.07) is -0.852. The highest BCUT2D eigenvalue weighted by Gasteiger charge is 2.30. The number of nitrogens with two attached hydrogens (primary N) is 1. The summed E-state index contributed by atoms with van der Waals surface area (Å²) in [6.45, 7) is 5.20. The Bertz CT molecular complexity index is 195. The molecule has 4 N–H and O–H groups in total. The van der Waals surface area contributed by atoms with Crippen molar-refractivity contribution in [3.63, 3.8) is 0 Å². The van der Waals surface area contributed by atoms with E-state index >= 15 is 0 Å². The van der Waals surface area contributed by atoms with Crippen molar-refractivity contribution in [3.8, 4) is 0 Å². The van der Waals surface area contributed by atoms with Crippen LogP contribution in [-0.4, -0.2) is 23.1 Å². The molecule has 70 valence electrons. The Hall–Kier alpha value is -1.26. The van der Waals surface area contributed by atoms with E-state index in [-0.39, 0.29) is 0 Å².